The second-order valence-electron chi connectivity index (χ2n) is 10.4. The molecule has 0 aromatic carbocycles. The molecule has 6 rings (SSSR count). The van der Waals surface area contributed by atoms with Crippen molar-refractivity contribution in [3.05, 3.63) is 41.1 Å². The number of amides is 3. The number of urea groups is 1. The van der Waals surface area contributed by atoms with Crippen LogP contribution in [0.1, 0.15) is 58.8 Å². The van der Waals surface area contributed by atoms with Crippen molar-refractivity contribution in [2.45, 2.75) is 50.5 Å². The molecule has 208 valence electrons. The summed E-state index contributed by atoms with van der Waals surface area (Å²) >= 11 is 0. The van der Waals surface area contributed by atoms with Gasteiger partial charge in [-0.25, -0.2) is 18.9 Å². The Morgan fingerprint density at radius 3 is 2.72 bits per heavy atom. The van der Waals surface area contributed by atoms with Crippen LogP contribution in [0, 0.1) is 24.7 Å². The van der Waals surface area contributed by atoms with E-state index < -0.39 is 36.7 Å². The number of carbonyl (C=O) groups is 2. The topological polar surface area (TPSA) is 140 Å². The highest BCUT2D eigenvalue weighted by atomic mass is 19.4. The Kier molecular flexibility index (Phi) is 6.19. The molecule has 0 spiro atoms. The average Bonchev–Trinajstić information content (AvgIpc) is 3.45. The van der Waals surface area contributed by atoms with Gasteiger partial charge in [0.2, 0.25) is 0 Å². The van der Waals surface area contributed by atoms with Crippen molar-refractivity contribution in [2.75, 3.05) is 20.3 Å². The van der Waals surface area contributed by atoms with Gasteiger partial charge in [-0.3, -0.25) is 4.79 Å². The third-order valence-electron chi connectivity index (χ3n) is 8.11. The fraction of sp³-hybridized carbons (Fsp3) is 0.583. The number of carbonyl (C=O) groups excluding carboxylic acids is 2. The Hall–Kier alpha value is -3.75. The predicted octanol–water partition coefficient (Wildman–Crippen LogP) is 2.58. The highest BCUT2D eigenvalue weighted by Gasteiger charge is 2.57. The minimum absolute atomic E-state index is 0.0291. The first-order valence-corrected chi connectivity index (χ1v) is 12.7. The molecule has 3 aromatic rings. The Labute approximate surface area is 220 Å². The first-order chi connectivity index (χ1) is 18.7. The van der Waals surface area contributed by atoms with E-state index in [2.05, 4.69) is 25.4 Å². The summed E-state index contributed by atoms with van der Waals surface area (Å²) in [4.78, 5) is 31.3. The number of fused-ring (bicyclic) bond motifs is 2. The molecule has 3 amide bonds. The summed E-state index contributed by atoms with van der Waals surface area (Å²) in [5, 5.41) is 16.9. The highest BCUT2D eigenvalue weighted by Crippen LogP contribution is 2.62. The van der Waals surface area contributed by atoms with Gasteiger partial charge >= 0.3 is 12.2 Å². The van der Waals surface area contributed by atoms with Crippen LogP contribution in [-0.2, 0) is 4.74 Å². The zero-order valence-corrected chi connectivity index (χ0v) is 21.2. The molecule has 1 saturated heterocycles. The Balaban J connectivity index is 1.29. The summed E-state index contributed by atoms with van der Waals surface area (Å²) in [7, 11) is 1.41. The monoisotopic (exact) mass is 548 g/mol. The Bertz CT molecular complexity index is 1400. The van der Waals surface area contributed by atoms with Crippen molar-refractivity contribution in [3.63, 3.8) is 0 Å². The third kappa shape index (κ3) is 4.57. The fourth-order valence-electron chi connectivity index (χ4n) is 6.16. The van der Waals surface area contributed by atoms with Crippen LogP contribution < -0.4 is 10.6 Å². The number of methoxy groups -OCH3 is 1. The molecule has 1 aliphatic heterocycles. The molecule has 3 aromatic heterocycles. The summed E-state index contributed by atoms with van der Waals surface area (Å²) in [5.41, 5.74) is 2.01. The molecule has 5 atom stereocenters. The first kappa shape index (κ1) is 25.5. The number of nitrogens with one attached hydrogen (secondary N) is 2. The van der Waals surface area contributed by atoms with E-state index in [9.17, 15) is 22.8 Å². The van der Waals surface area contributed by atoms with Crippen LogP contribution in [0.3, 0.4) is 0 Å². The van der Waals surface area contributed by atoms with E-state index in [0.717, 1.165) is 24.2 Å². The van der Waals surface area contributed by atoms with Crippen LogP contribution in [0.5, 0.6) is 0 Å². The lowest BCUT2D eigenvalue weighted by Gasteiger charge is -2.26. The molecule has 39 heavy (non-hydrogen) atoms. The van der Waals surface area contributed by atoms with Crippen molar-refractivity contribution in [3.8, 4) is 0 Å². The number of nitrogens with zero attached hydrogens (tertiary/aromatic N) is 6. The quantitative estimate of drug-likeness (QED) is 0.438. The fourth-order valence-corrected chi connectivity index (χ4v) is 6.16. The van der Waals surface area contributed by atoms with Crippen LogP contribution in [0.25, 0.3) is 5.65 Å². The standard InChI is InChI=1S/C24H27F3N8O4/c1-11-20(33-39-32-11)22(36)31-21(19-13-4-3-5-14(13)19)15-8-35-18(29-15)6-12(7-28-35)16(10-38-2)34-9-17(24(25,26)27)30-23(34)37/h6-8,13-14,16-17,19,21H,3-5,9-10H2,1-2H3,(H,30,37)(H,31,36). The number of hydrogen-bond acceptors (Lipinski definition) is 8. The molecule has 4 heterocycles. The maximum absolute atomic E-state index is 13.3. The van der Waals surface area contributed by atoms with Crippen molar-refractivity contribution >= 4 is 17.6 Å². The van der Waals surface area contributed by atoms with Crippen LogP contribution in [0.4, 0.5) is 18.0 Å². The lowest BCUT2D eigenvalue weighted by atomic mass is 10.0. The maximum atomic E-state index is 13.3. The van der Waals surface area contributed by atoms with Gasteiger partial charge in [-0.05, 0) is 48.7 Å². The van der Waals surface area contributed by atoms with Crippen molar-refractivity contribution in [2.24, 2.45) is 17.8 Å². The van der Waals surface area contributed by atoms with Crippen molar-refractivity contribution in [1.29, 1.82) is 0 Å². The zero-order valence-electron chi connectivity index (χ0n) is 21.2. The number of rotatable bonds is 8. The Morgan fingerprint density at radius 1 is 1.31 bits per heavy atom. The van der Waals surface area contributed by atoms with E-state index in [1.165, 1.54) is 13.3 Å². The van der Waals surface area contributed by atoms with Gasteiger partial charge < -0.3 is 20.3 Å². The summed E-state index contributed by atoms with van der Waals surface area (Å²) in [6.07, 6.45) is 2.01. The summed E-state index contributed by atoms with van der Waals surface area (Å²) in [6.45, 7) is 1.06. The zero-order chi connectivity index (χ0) is 27.5. The number of imidazole rings is 1. The molecule has 0 bridgehead atoms. The molecule has 2 saturated carbocycles. The van der Waals surface area contributed by atoms with E-state index in [1.807, 2.05) is 5.32 Å². The largest absolute Gasteiger partial charge is 0.410 e. The summed E-state index contributed by atoms with van der Waals surface area (Å²) in [6, 6.07) is -2.32. The molecule has 12 nitrogen and oxygen atoms in total. The number of aromatic nitrogens is 5. The van der Waals surface area contributed by atoms with Crippen molar-refractivity contribution < 1.29 is 32.1 Å². The van der Waals surface area contributed by atoms with Gasteiger partial charge in [-0.1, -0.05) is 11.6 Å². The minimum Gasteiger partial charge on any atom is -0.382 e. The summed E-state index contributed by atoms with van der Waals surface area (Å²) < 4.78 is 51.3. The second-order valence-corrected chi connectivity index (χ2v) is 10.4. The minimum atomic E-state index is -4.57. The second kappa shape index (κ2) is 9.47. The molecule has 3 fully saturated rings. The van der Waals surface area contributed by atoms with Crippen LogP contribution >= 0.6 is 0 Å². The Morgan fingerprint density at radius 2 is 2.08 bits per heavy atom. The highest BCUT2D eigenvalue weighted by molar-refractivity contribution is 5.93. The number of aryl methyl sites for hydroxylation is 1. The SMILES string of the molecule is COCC(c1cnn2cc(C(NC(=O)c3nonc3C)C3C4CCCC43)nc2c1)N1CC(C(F)(F)F)NC1=O. The van der Waals surface area contributed by atoms with E-state index >= 15 is 0 Å². The first-order valence-electron chi connectivity index (χ1n) is 12.7. The molecule has 2 aliphatic carbocycles. The number of halogens is 3. The molecule has 0 radical (unpaired) electrons. The lowest BCUT2D eigenvalue weighted by molar-refractivity contribution is -0.150. The van der Waals surface area contributed by atoms with E-state index in [4.69, 9.17) is 9.72 Å². The lowest BCUT2D eigenvalue weighted by Crippen LogP contribution is -2.40. The van der Waals surface area contributed by atoms with Crippen molar-refractivity contribution in [1.82, 2.24) is 40.4 Å². The van der Waals surface area contributed by atoms with Crippen LogP contribution in [0.2, 0.25) is 0 Å². The van der Waals surface area contributed by atoms with Gasteiger partial charge in [0.25, 0.3) is 5.91 Å². The molecule has 5 unspecified atom stereocenters. The van der Waals surface area contributed by atoms with Crippen LogP contribution in [0.15, 0.2) is 23.1 Å². The van der Waals surface area contributed by atoms with Gasteiger partial charge in [0.05, 0.1) is 43.3 Å². The predicted molar refractivity (Wildman–Crippen MR) is 126 cm³/mol. The van der Waals surface area contributed by atoms with E-state index in [1.54, 1.807) is 23.7 Å². The van der Waals surface area contributed by atoms with Gasteiger partial charge in [-0.2, -0.15) is 18.3 Å². The number of alkyl halides is 3. The van der Waals surface area contributed by atoms with Gasteiger partial charge in [-0.15, -0.1) is 0 Å². The molecular formula is C24H27F3N8O4. The molecule has 2 N–H and O–H groups in total. The third-order valence-corrected chi connectivity index (χ3v) is 8.11. The van der Waals surface area contributed by atoms with Crippen LogP contribution in [-0.4, -0.2) is 74.2 Å². The van der Waals surface area contributed by atoms with E-state index in [0.29, 0.717) is 34.4 Å². The molecule has 15 heteroatoms. The van der Waals surface area contributed by atoms with Gasteiger partial charge in [0.1, 0.15) is 11.7 Å². The number of hydrogen-bond donors (Lipinski definition) is 2. The maximum Gasteiger partial charge on any atom is 0.410 e. The van der Waals surface area contributed by atoms with Gasteiger partial charge in [0.15, 0.2) is 11.3 Å². The summed E-state index contributed by atoms with van der Waals surface area (Å²) in [5.74, 6) is 0.818. The molecular weight excluding hydrogens is 521 g/mol. The number of ether oxygens (including phenoxy) is 1. The smallest absolute Gasteiger partial charge is 0.382 e. The average molecular weight is 549 g/mol. The normalized spacial score (nSPS) is 26.0. The van der Waals surface area contributed by atoms with Gasteiger partial charge in [0, 0.05) is 12.7 Å². The van der Waals surface area contributed by atoms with E-state index in [-0.39, 0.29) is 24.3 Å². The molecule has 3 aliphatic rings.